The second-order valence-electron chi connectivity index (χ2n) is 8.37. The van der Waals surface area contributed by atoms with Gasteiger partial charge in [-0.1, -0.05) is 13.0 Å². The largest absolute Gasteiger partial charge is 0.508 e. The molecule has 0 bridgehead atoms. The molecular formula is C23H33N5O. The van der Waals surface area contributed by atoms with Crippen molar-refractivity contribution < 1.29 is 5.11 Å². The summed E-state index contributed by atoms with van der Waals surface area (Å²) in [5, 5.41) is 14.0. The van der Waals surface area contributed by atoms with Crippen molar-refractivity contribution in [3.63, 3.8) is 0 Å². The summed E-state index contributed by atoms with van der Waals surface area (Å²) >= 11 is 0. The molecule has 1 aromatic heterocycles. The van der Waals surface area contributed by atoms with Crippen molar-refractivity contribution in [2.45, 2.75) is 58.5 Å². The van der Waals surface area contributed by atoms with Crippen molar-refractivity contribution in [2.75, 3.05) is 19.6 Å². The van der Waals surface area contributed by atoms with Crippen LogP contribution in [0.5, 0.6) is 5.75 Å². The van der Waals surface area contributed by atoms with E-state index in [1.54, 1.807) is 0 Å². The Balaban J connectivity index is 1.56. The lowest BCUT2D eigenvalue weighted by atomic mass is 9.88. The van der Waals surface area contributed by atoms with Crippen molar-refractivity contribution in [3.8, 4) is 5.75 Å². The minimum Gasteiger partial charge on any atom is -0.508 e. The van der Waals surface area contributed by atoms with Gasteiger partial charge >= 0.3 is 0 Å². The highest BCUT2D eigenvalue weighted by molar-refractivity contribution is 5.80. The van der Waals surface area contributed by atoms with Gasteiger partial charge in [-0.15, -0.1) is 0 Å². The van der Waals surface area contributed by atoms with Crippen LogP contribution in [-0.4, -0.2) is 45.2 Å². The van der Waals surface area contributed by atoms with E-state index in [1.807, 2.05) is 18.6 Å². The molecule has 0 amide bonds. The summed E-state index contributed by atoms with van der Waals surface area (Å²) < 4.78 is 2.22. The summed E-state index contributed by atoms with van der Waals surface area (Å²) in [5.74, 6) is 1.93. The van der Waals surface area contributed by atoms with Gasteiger partial charge in [-0.05, 0) is 62.1 Å². The summed E-state index contributed by atoms with van der Waals surface area (Å²) in [5.41, 5.74) is 3.71. The van der Waals surface area contributed by atoms with Gasteiger partial charge in [0, 0.05) is 37.6 Å². The van der Waals surface area contributed by atoms with E-state index >= 15 is 0 Å². The number of aromatic nitrogens is 2. The van der Waals surface area contributed by atoms with E-state index in [1.165, 1.54) is 24.0 Å². The lowest BCUT2D eigenvalue weighted by molar-refractivity contribution is 0.189. The molecule has 2 aromatic rings. The first-order valence-corrected chi connectivity index (χ1v) is 11.0. The molecule has 2 atom stereocenters. The summed E-state index contributed by atoms with van der Waals surface area (Å²) in [6.45, 7) is 7.70. The van der Waals surface area contributed by atoms with Crippen LogP contribution in [0.4, 0.5) is 0 Å². The quantitative estimate of drug-likeness (QED) is 0.614. The van der Waals surface area contributed by atoms with E-state index < -0.39 is 0 Å². The lowest BCUT2D eigenvalue weighted by Gasteiger charge is -2.39. The number of imidazole rings is 1. The van der Waals surface area contributed by atoms with Gasteiger partial charge < -0.3 is 19.9 Å². The standard InChI is InChI=1S/C23H33N5O/c1-3-25-23(27-12-10-17(2)21(15-27)28-13-11-24-16-28)26-14-20-19-7-5-4-6-18(19)8-9-22(20)29/h8-9,11,13,16-17,21,29H,3-7,10,12,14-15H2,1-2H3,(H,25,26). The molecule has 4 rings (SSSR count). The smallest absolute Gasteiger partial charge is 0.194 e. The molecule has 2 N–H and O–H groups in total. The Hall–Kier alpha value is -2.50. The number of aliphatic imine (C=N–C) groups is 1. The summed E-state index contributed by atoms with van der Waals surface area (Å²) in [4.78, 5) is 11.6. The number of rotatable bonds is 4. The molecule has 0 saturated carbocycles. The zero-order valence-corrected chi connectivity index (χ0v) is 17.6. The highest BCUT2D eigenvalue weighted by Gasteiger charge is 2.29. The number of fused-ring (bicyclic) bond motifs is 1. The maximum atomic E-state index is 10.5. The minimum absolute atomic E-state index is 0.383. The number of hydrogen-bond donors (Lipinski definition) is 2. The maximum absolute atomic E-state index is 10.5. The molecule has 1 aliphatic heterocycles. The van der Waals surface area contributed by atoms with E-state index in [2.05, 4.69) is 45.9 Å². The number of phenols is 1. The monoisotopic (exact) mass is 395 g/mol. The minimum atomic E-state index is 0.383. The summed E-state index contributed by atoms with van der Waals surface area (Å²) in [6.07, 6.45) is 11.6. The van der Waals surface area contributed by atoms with E-state index in [9.17, 15) is 5.11 Å². The SMILES string of the molecule is CCNC(=NCc1c(O)ccc2c1CCCC2)N1CCC(C)C(n2ccnc2)C1. The molecule has 6 nitrogen and oxygen atoms in total. The predicted molar refractivity (Wildman–Crippen MR) is 116 cm³/mol. The topological polar surface area (TPSA) is 65.7 Å². The zero-order chi connectivity index (χ0) is 20.2. The fourth-order valence-corrected chi connectivity index (χ4v) is 4.74. The molecule has 1 aromatic carbocycles. The van der Waals surface area contributed by atoms with Crippen molar-refractivity contribution in [2.24, 2.45) is 10.9 Å². The Labute approximate surface area is 173 Å². The fourth-order valence-electron chi connectivity index (χ4n) is 4.74. The Morgan fingerprint density at radius 2 is 2.17 bits per heavy atom. The van der Waals surface area contributed by atoms with Crippen LogP contribution in [0.3, 0.4) is 0 Å². The average Bonchev–Trinajstić information content (AvgIpc) is 3.27. The number of benzene rings is 1. The molecule has 2 unspecified atom stereocenters. The number of nitrogens with one attached hydrogen (secondary N) is 1. The van der Waals surface area contributed by atoms with E-state index in [0.717, 1.165) is 50.4 Å². The fraction of sp³-hybridized carbons (Fsp3) is 0.565. The maximum Gasteiger partial charge on any atom is 0.194 e. The van der Waals surface area contributed by atoms with Crippen molar-refractivity contribution in [3.05, 3.63) is 47.5 Å². The molecule has 156 valence electrons. The molecule has 1 saturated heterocycles. The molecule has 1 aliphatic carbocycles. The first-order chi connectivity index (χ1) is 14.2. The van der Waals surface area contributed by atoms with Gasteiger partial charge in [0.05, 0.1) is 18.9 Å². The van der Waals surface area contributed by atoms with E-state index in [4.69, 9.17) is 4.99 Å². The molecule has 2 heterocycles. The van der Waals surface area contributed by atoms with E-state index in [-0.39, 0.29) is 0 Å². The van der Waals surface area contributed by atoms with Crippen LogP contribution in [0.25, 0.3) is 0 Å². The molecular weight excluding hydrogens is 362 g/mol. The number of phenolic OH excluding ortho intramolecular Hbond substituents is 1. The number of hydrogen-bond acceptors (Lipinski definition) is 3. The number of guanidine groups is 1. The van der Waals surface area contributed by atoms with Gasteiger partial charge in [0.15, 0.2) is 5.96 Å². The first-order valence-electron chi connectivity index (χ1n) is 11.0. The third-order valence-corrected chi connectivity index (χ3v) is 6.47. The van der Waals surface area contributed by atoms with Gasteiger partial charge in [-0.2, -0.15) is 0 Å². The first kappa shape index (κ1) is 19.8. The summed E-state index contributed by atoms with van der Waals surface area (Å²) in [7, 11) is 0. The Kier molecular flexibility index (Phi) is 6.07. The number of aromatic hydroxyl groups is 1. The Morgan fingerprint density at radius 3 is 2.97 bits per heavy atom. The highest BCUT2D eigenvalue weighted by Crippen LogP contribution is 2.31. The number of nitrogens with zero attached hydrogens (tertiary/aromatic N) is 4. The predicted octanol–water partition coefficient (Wildman–Crippen LogP) is 3.52. The molecule has 2 aliphatic rings. The molecule has 6 heteroatoms. The zero-order valence-electron chi connectivity index (χ0n) is 17.6. The second-order valence-corrected chi connectivity index (χ2v) is 8.37. The van der Waals surface area contributed by atoms with Crippen LogP contribution in [-0.2, 0) is 19.4 Å². The van der Waals surface area contributed by atoms with Crippen LogP contribution in [0.1, 0.15) is 55.8 Å². The van der Waals surface area contributed by atoms with Gasteiger partial charge in [0.2, 0.25) is 0 Å². The summed E-state index contributed by atoms with van der Waals surface area (Å²) in [6, 6.07) is 4.33. The molecule has 0 radical (unpaired) electrons. The van der Waals surface area contributed by atoms with E-state index in [0.29, 0.717) is 24.3 Å². The normalized spacial score (nSPS) is 22.4. The third kappa shape index (κ3) is 4.26. The number of piperidine rings is 1. The molecule has 1 fully saturated rings. The second kappa shape index (κ2) is 8.89. The molecule has 29 heavy (non-hydrogen) atoms. The van der Waals surface area contributed by atoms with Crippen LogP contribution in [0, 0.1) is 5.92 Å². The Bertz CT molecular complexity index is 845. The number of aryl methyl sites for hydroxylation is 1. The highest BCUT2D eigenvalue weighted by atomic mass is 16.3. The van der Waals surface area contributed by atoms with Crippen LogP contribution in [0.15, 0.2) is 35.8 Å². The van der Waals surface area contributed by atoms with Crippen LogP contribution < -0.4 is 5.32 Å². The van der Waals surface area contributed by atoms with Crippen LogP contribution >= 0.6 is 0 Å². The number of likely N-dealkylation sites (tertiary alicyclic amines) is 1. The Morgan fingerprint density at radius 1 is 1.31 bits per heavy atom. The van der Waals surface area contributed by atoms with Gasteiger partial charge in [-0.3, -0.25) is 0 Å². The van der Waals surface area contributed by atoms with Crippen molar-refractivity contribution in [1.29, 1.82) is 0 Å². The van der Waals surface area contributed by atoms with Gasteiger partial charge in [-0.25, -0.2) is 9.98 Å². The van der Waals surface area contributed by atoms with Crippen LogP contribution in [0.2, 0.25) is 0 Å². The average molecular weight is 396 g/mol. The van der Waals surface area contributed by atoms with Gasteiger partial charge in [0.1, 0.15) is 5.75 Å². The molecule has 0 spiro atoms. The lowest BCUT2D eigenvalue weighted by Crippen LogP contribution is -2.49. The van der Waals surface area contributed by atoms with Crippen molar-refractivity contribution >= 4 is 5.96 Å². The third-order valence-electron chi connectivity index (χ3n) is 6.47. The van der Waals surface area contributed by atoms with Gasteiger partial charge in [0.25, 0.3) is 0 Å². The van der Waals surface area contributed by atoms with Crippen molar-refractivity contribution in [1.82, 2.24) is 19.8 Å².